The maximum atomic E-state index is 4.51. The van der Waals surface area contributed by atoms with E-state index in [9.17, 15) is 0 Å². The molecule has 0 amide bonds. The first-order chi connectivity index (χ1) is 7.47. The number of halogens is 1. The average Bonchev–Trinajstić information content (AvgIpc) is 2.68. The Bertz CT molecular complexity index is 485. The highest BCUT2D eigenvalue weighted by atomic mass is 79.9. The van der Waals surface area contributed by atoms with Crippen molar-refractivity contribution in [2.45, 2.75) is 26.2 Å². The van der Waals surface area contributed by atoms with Crippen LogP contribution in [-0.2, 0) is 5.41 Å². The molecule has 0 saturated heterocycles. The highest BCUT2D eigenvalue weighted by Gasteiger charge is 2.19. The third-order valence-electron chi connectivity index (χ3n) is 2.09. The molecule has 0 N–H and O–H groups in total. The number of hydrogen-bond donors (Lipinski definition) is 0. The van der Waals surface area contributed by atoms with Crippen LogP contribution in [0.3, 0.4) is 0 Å². The molecule has 2 rings (SSSR count). The third kappa shape index (κ3) is 2.29. The van der Waals surface area contributed by atoms with E-state index in [2.05, 4.69) is 51.8 Å². The van der Waals surface area contributed by atoms with Gasteiger partial charge in [-0.25, -0.2) is 14.6 Å². The lowest BCUT2D eigenvalue weighted by Gasteiger charge is -2.17. The van der Waals surface area contributed by atoms with Gasteiger partial charge >= 0.3 is 0 Å². The fourth-order valence-electron chi connectivity index (χ4n) is 1.26. The van der Waals surface area contributed by atoms with Crippen molar-refractivity contribution in [1.82, 2.24) is 19.7 Å². The topological polar surface area (TPSA) is 43.6 Å². The molecule has 2 heterocycles. The van der Waals surface area contributed by atoms with Crippen molar-refractivity contribution in [1.29, 1.82) is 0 Å². The average molecular weight is 281 g/mol. The summed E-state index contributed by atoms with van der Waals surface area (Å²) in [5.41, 5.74) is -0.0777. The van der Waals surface area contributed by atoms with E-state index in [1.165, 1.54) is 0 Å². The summed E-state index contributed by atoms with van der Waals surface area (Å²) in [6, 6.07) is 3.72. The predicted molar refractivity (Wildman–Crippen MR) is 65.6 cm³/mol. The van der Waals surface area contributed by atoms with E-state index >= 15 is 0 Å². The first-order valence-electron chi connectivity index (χ1n) is 5.02. The smallest absolute Gasteiger partial charge is 0.158 e. The highest BCUT2D eigenvalue weighted by molar-refractivity contribution is 9.10. The van der Waals surface area contributed by atoms with Gasteiger partial charge < -0.3 is 0 Å². The fraction of sp³-hybridized carbons (Fsp3) is 0.364. The van der Waals surface area contributed by atoms with E-state index in [0.717, 1.165) is 16.2 Å². The molecule has 0 saturated carbocycles. The lowest BCUT2D eigenvalue weighted by molar-refractivity contribution is 0.540. The first kappa shape index (κ1) is 11.3. The monoisotopic (exact) mass is 280 g/mol. The molecule has 16 heavy (non-hydrogen) atoms. The van der Waals surface area contributed by atoms with Gasteiger partial charge in [0.15, 0.2) is 5.82 Å². The molecule has 0 unspecified atom stereocenters. The minimum Gasteiger partial charge on any atom is -0.225 e. The zero-order valence-corrected chi connectivity index (χ0v) is 11.1. The predicted octanol–water partition coefficient (Wildman–Crippen LogP) is 2.72. The molecule has 84 valence electrons. The van der Waals surface area contributed by atoms with Crippen LogP contribution in [0.2, 0.25) is 0 Å². The second-order valence-electron chi connectivity index (χ2n) is 4.57. The van der Waals surface area contributed by atoms with Crippen molar-refractivity contribution in [3.05, 3.63) is 35.0 Å². The Balaban J connectivity index is 2.53. The highest BCUT2D eigenvalue weighted by Crippen LogP contribution is 2.21. The third-order valence-corrected chi connectivity index (χ3v) is 2.50. The molecule has 5 heteroatoms. The summed E-state index contributed by atoms with van der Waals surface area (Å²) in [7, 11) is 0. The van der Waals surface area contributed by atoms with Gasteiger partial charge in [0.05, 0.1) is 0 Å². The summed E-state index contributed by atoms with van der Waals surface area (Å²) >= 11 is 3.40. The summed E-state index contributed by atoms with van der Waals surface area (Å²) in [6.07, 6.45) is 3.59. The maximum Gasteiger partial charge on any atom is 0.158 e. The van der Waals surface area contributed by atoms with Gasteiger partial charge in [-0.15, -0.1) is 0 Å². The zero-order chi connectivity index (χ0) is 11.8. The largest absolute Gasteiger partial charge is 0.225 e. The van der Waals surface area contributed by atoms with Gasteiger partial charge in [-0.2, -0.15) is 5.10 Å². The number of rotatable bonds is 1. The SMILES string of the molecule is CC(C)(C)c1nc(Br)cc(-n2cccn2)n1. The minimum atomic E-state index is -0.0777. The second-order valence-corrected chi connectivity index (χ2v) is 5.39. The summed E-state index contributed by atoms with van der Waals surface area (Å²) in [5.74, 6) is 1.57. The van der Waals surface area contributed by atoms with Crippen molar-refractivity contribution >= 4 is 15.9 Å². The van der Waals surface area contributed by atoms with Crippen molar-refractivity contribution in [3.63, 3.8) is 0 Å². The quantitative estimate of drug-likeness (QED) is 0.755. The Morgan fingerprint density at radius 1 is 1.25 bits per heavy atom. The molecule has 0 aliphatic carbocycles. The van der Waals surface area contributed by atoms with Crippen LogP contribution in [0.15, 0.2) is 29.1 Å². The molecule has 0 aliphatic heterocycles. The van der Waals surface area contributed by atoms with Crippen LogP contribution >= 0.6 is 15.9 Å². The Morgan fingerprint density at radius 3 is 2.56 bits per heavy atom. The van der Waals surface area contributed by atoms with Gasteiger partial charge in [-0.3, -0.25) is 0 Å². The summed E-state index contributed by atoms with van der Waals surface area (Å²) in [5, 5.41) is 4.16. The van der Waals surface area contributed by atoms with Gasteiger partial charge in [-0.1, -0.05) is 20.8 Å². The van der Waals surface area contributed by atoms with Crippen molar-refractivity contribution in [2.24, 2.45) is 0 Å². The Morgan fingerprint density at radius 2 is 2.00 bits per heavy atom. The van der Waals surface area contributed by atoms with Crippen LogP contribution in [-0.4, -0.2) is 19.7 Å². The van der Waals surface area contributed by atoms with Gasteiger partial charge in [0, 0.05) is 23.9 Å². The van der Waals surface area contributed by atoms with E-state index in [1.54, 1.807) is 10.9 Å². The number of nitrogens with zero attached hydrogens (tertiary/aromatic N) is 4. The van der Waals surface area contributed by atoms with Gasteiger partial charge in [0.25, 0.3) is 0 Å². The Hall–Kier alpha value is -1.23. The van der Waals surface area contributed by atoms with Crippen LogP contribution in [0.4, 0.5) is 0 Å². The fourth-order valence-corrected chi connectivity index (χ4v) is 1.64. The summed E-state index contributed by atoms with van der Waals surface area (Å²) < 4.78 is 2.50. The minimum absolute atomic E-state index is 0.0777. The standard InChI is InChI=1S/C11H13BrN4/c1-11(2,3)10-14-8(12)7-9(15-10)16-6-4-5-13-16/h4-7H,1-3H3. The van der Waals surface area contributed by atoms with Gasteiger partial charge in [0.2, 0.25) is 0 Å². The van der Waals surface area contributed by atoms with Crippen LogP contribution in [0.1, 0.15) is 26.6 Å². The maximum absolute atomic E-state index is 4.51. The van der Waals surface area contributed by atoms with E-state index in [-0.39, 0.29) is 5.41 Å². The van der Waals surface area contributed by atoms with Crippen molar-refractivity contribution in [3.8, 4) is 5.82 Å². The van der Waals surface area contributed by atoms with Crippen LogP contribution in [0, 0.1) is 0 Å². The zero-order valence-electron chi connectivity index (χ0n) is 9.48. The molecule has 0 aromatic carbocycles. The first-order valence-corrected chi connectivity index (χ1v) is 5.81. The number of aromatic nitrogens is 4. The lowest BCUT2D eigenvalue weighted by atomic mass is 9.96. The lowest BCUT2D eigenvalue weighted by Crippen LogP contribution is -2.17. The van der Waals surface area contributed by atoms with E-state index < -0.39 is 0 Å². The molecule has 0 aliphatic rings. The Kier molecular flexibility index (Phi) is 2.80. The summed E-state index contributed by atoms with van der Waals surface area (Å²) in [4.78, 5) is 8.89. The molecule has 0 atom stereocenters. The van der Waals surface area contributed by atoms with E-state index in [1.807, 2.05) is 18.3 Å². The Labute approximate surface area is 103 Å². The van der Waals surface area contributed by atoms with E-state index in [0.29, 0.717) is 0 Å². The van der Waals surface area contributed by atoms with Crippen molar-refractivity contribution < 1.29 is 0 Å². The molecular weight excluding hydrogens is 268 g/mol. The molecule has 2 aromatic heterocycles. The van der Waals surface area contributed by atoms with Crippen molar-refractivity contribution in [2.75, 3.05) is 0 Å². The van der Waals surface area contributed by atoms with Crippen LogP contribution in [0.5, 0.6) is 0 Å². The van der Waals surface area contributed by atoms with Crippen LogP contribution < -0.4 is 0 Å². The molecule has 2 aromatic rings. The normalized spacial score (nSPS) is 11.8. The molecule has 0 fully saturated rings. The molecule has 0 spiro atoms. The van der Waals surface area contributed by atoms with E-state index in [4.69, 9.17) is 0 Å². The second kappa shape index (κ2) is 3.97. The van der Waals surface area contributed by atoms with Gasteiger partial charge in [0.1, 0.15) is 10.4 Å². The molecule has 4 nitrogen and oxygen atoms in total. The molecular formula is C11H13BrN4. The van der Waals surface area contributed by atoms with Crippen LogP contribution in [0.25, 0.3) is 5.82 Å². The number of hydrogen-bond acceptors (Lipinski definition) is 3. The molecule has 0 radical (unpaired) electrons. The van der Waals surface area contributed by atoms with Gasteiger partial charge in [-0.05, 0) is 22.0 Å². The molecule has 0 bridgehead atoms. The summed E-state index contributed by atoms with van der Waals surface area (Å²) in [6.45, 7) is 6.25.